The van der Waals surface area contributed by atoms with E-state index in [1.165, 1.54) is 24.8 Å². The normalized spacial score (nSPS) is 27.8. The molecule has 2 unspecified atom stereocenters. The van der Waals surface area contributed by atoms with Gasteiger partial charge in [-0.1, -0.05) is 48.0 Å². The summed E-state index contributed by atoms with van der Waals surface area (Å²) in [6, 6.07) is 0. The Morgan fingerprint density at radius 1 is 0.938 bits per heavy atom. The summed E-state index contributed by atoms with van der Waals surface area (Å²) in [5.74, 6) is 1.26. The Balaban J connectivity index is 3.05. The fourth-order valence-corrected chi connectivity index (χ4v) is 3.31. The van der Waals surface area contributed by atoms with Gasteiger partial charge >= 0.3 is 0 Å². The zero-order valence-electron chi connectivity index (χ0n) is 11.7. The fourth-order valence-electron chi connectivity index (χ4n) is 3.02. The van der Waals surface area contributed by atoms with Crippen LogP contribution in [0.4, 0.5) is 0 Å². The van der Waals surface area contributed by atoms with Crippen LogP contribution in [0.25, 0.3) is 0 Å². The Hall–Kier alpha value is -0.130. The third-order valence-electron chi connectivity index (χ3n) is 3.95. The molecule has 1 aliphatic rings. The van der Waals surface area contributed by atoms with Gasteiger partial charge in [-0.15, -0.1) is 0 Å². The highest BCUT2D eigenvalue weighted by molar-refractivity contribution is 7.78. The van der Waals surface area contributed by atoms with Crippen molar-refractivity contribution in [1.82, 2.24) is 0 Å². The highest BCUT2D eigenvalue weighted by Gasteiger charge is 2.39. The lowest BCUT2D eigenvalue weighted by molar-refractivity contribution is 0.155. The predicted octanol–water partition coefficient (Wildman–Crippen LogP) is 5.02. The van der Waals surface area contributed by atoms with Crippen molar-refractivity contribution in [3.8, 4) is 0 Å². The summed E-state index contributed by atoms with van der Waals surface area (Å²) < 4.78 is 0. The van der Waals surface area contributed by atoms with Gasteiger partial charge in [-0.3, -0.25) is 0 Å². The van der Waals surface area contributed by atoms with Crippen molar-refractivity contribution in [2.24, 2.45) is 22.7 Å². The minimum Gasteiger partial charge on any atom is -0.0596 e. The zero-order valence-corrected chi connectivity index (χ0v) is 12.5. The summed E-state index contributed by atoms with van der Waals surface area (Å²) in [6.07, 6.45) is 3.91. The summed E-state index contributed by atoms with van der Waals surface area (Å²) in [5, 5.41) is 3.12. The molecular formula is C15H26S. The number of hydrogen-bond donors (Lipinski definition) is 0. The van der Waals surface area contributed by atoms with Gasteiger partial charge in [0.2, 0.25) is 0 Å². The first kappa shape index (κ1) is 13.9. The number of thiocarbonyl (C=S) groups is 1. The van der Waals surface area contributed by atoms with Crippen LogP contribution in [0.5, 0.6) is 0 Å². The second kappa shape index (κ2) is 4.63. The van der Waals surface area contributed by atoms with Gasteiger partial charge in [-0.2, -0.15) is 0 Å². The quantitative estimate of drug-likeness (QED) is 0.534. The van der Waals surface area contributed by atoms with Crippen molar-refractivity contribution >= 4 is 17.2 Å². The van der Waals surface area contributed by atoms with Crippen molar-refractivity contribution in [2.75, 3.05) is 0 Å². The van der Waals surface area contributed by atoms with Gasteiger partial charge in [0.1, 0.15) is 0 Å². The molecule has 0 aliphatic heterocycles. The van der Waals surface area contributed by atoms with Crippen LogP contribution in [-0.2, 0) is 0 Å². The second-order valence-electron chi connectivity index (χ2n) is 7.33. The van der Waals surface area contributed by atoms with Crippen LogP contribution in [0.3, 0.4) is 0 Å². The highest BCUT2D eigenvalue weighted by atomic mass is 32.1. The molecule has 0 amide bonds. The van der Waals surface area contributed by atoms with E-state index in [9.17, 15) is 0 Å². The molecule has 0 saturated heterocycles. The number of allylic oxidation sites excluding steroid dienone is 1. The van der Waals surface area contributed by atoms with E-state index in [4.69, 9.17) is 12.2 Å². The van der Waals surface area contributed by atoms with E-state index in [1.54, 1.807) is 0 Å². The van der Waals surface area contributed by atoms with Crippen molar-refractivity contribution in [3.05, 3.63) is 5.57 Å². The number of hydrogen-bond acceptors (Lipinski definition) is 1. The summed E-state index contributed by atoms with van der Waals surface area (Å²) in [7, 11) is 0. The molecule has 0 N–H and O–H groups in total. The lowest BCUT2D eigenvalue weighted by atomic mass is 9.61. The molecule has 0 aromatic carbocycles. The molecule has 1 fully saturated rings. The molecule has 0 heterocycles. The largest absolute Gasteiger partial charge is 0.0596 e. The second-order valence-corrected chi connectivity index (χ2v) is 7.53. The molecule has 0 aromatic rings. The topological polar surface area (TPSA) is 0 Å². The van der Waals surface area contributed by atoms with E-state index in [-0.39, 0.29) is 0 Å². The first-order valence-corrected chi connectivity index (χ1v) is 6.83. The molecule has 0 radical (unpaired) electrons. The average Bonchev–Trinajstić information content (AvgIpc) is 2.13. The molecule has 1 saturated carbocycles. The van der Waals surface area contributed by atoms with Crippen LogP contribution in [0, 0.1) is 22.7 Å². The lowest BCUT2D eigenvalue weighted by Crippen LogP contribution is -2.35. The molecule has 0 aromatic heterocycles. The van der Waals surface area contributed by atoms with Crippen LogP contribution >= 0.6 is 12.2 Å². The van der Waals surface area contributed by atoms with Crippen LogP contribution in [-0.4, -0.2) is 5.02 Å². The van der Waals surface area contributed by atoms with Crippen LogP contribution in [0.2, 0.25) is 0 Å². The van der Waals surface area contributed by atoms with Crippen LogP contribution in [0.1, 0.15) is 60.8 Å². The van der Waals surface area contributed by atoms with Gasteiger partial charge in [-0.25, -0.2) is 0 Å². The lowest BCUT2D eigenvalue weighted by Gasteiger charge is -2.43. The van der Waals surface area contributed by atoms with Crippen molar-refractivity contribution in [3.63, 3.8) is 0 Å². The van der Waals surface area contributed by atoms with Gasteiger partial charge in [-0.05, 0) is 58.3 Å². The Labute approximate surface area is 107 Å². The van der Waals surface area contributed by atoms with E-state index in [2.05, 4.69) is 46.6 Å². The highest BCUT2D eigenvalue weighted by Crippen LogP contribution is 2.48. The Morgan fingerprint density at radius 2 is 1.31 bits per heavy atom. The fraction of sp³-hybridized carbons (Fsp3) is 0.867. The van der Waals surface area contributed by atoms with E-state index >= 15 is 0 Å². The Kier molecular flexibility index (Phi) is 4.03. The molecule has 16 heavy (non-hydrogen) atoms. The van der Waals surface area contributed by atoms with Crippen molar-refractivity contribution in [2.45, 2.75) is 60.8 Å². The van der Waals surface area contributed by atoms with Crippen LogP contribution in [0.15, 0.2) is 5.57 Å². The van der Waals surface area contributed by atoms with Gasteiger partial charge in [0.05, 0.1) is 0 Å². The minimum absolute atomic E-state index is 0.324. The SMILES string of the molecule is CC(C)(C)C1CCCC(C(C)(C)C)C1=C=S. The molecule has 1 aliphatic carbocycles. The monoisotopic (exact) mass is 238 g/mol. The smallest absolute Gasteiger partial charge is 0.00668 e. The first-order chi connectivity index (χ1) is 7.18. The maximum Gasteiger partial charge on any atom is -0.00668 e. The van der Waals surface area contributed by atoms with Gasteiger partial charge < -0.3 is 0 Å². The molecular weight excluding hydrogens is 212 g/mol. The predicted molar refractivity (Wildman–Crippen MR) is 75.9 cm³/mol. The van der Waals surface area contributed by atoms with Crippen molar-refractivity contribution < 1.29 is 0 Å². The Bertz CT molecular complexity index is 270. The minimum atomic E-state index is 0.324. The third-order valence-corrected chi connectivity index (χ3v) is 4.18. The van der Waals surface area contributed by atoms with E-state index in [0.717, 1.165) is 0 Å². The summed E-state index contributed by atoms with van der Waals surface area (Å²) in [5.41, 5.74) is 2.07. The molecule has 0 spiro atoms. The van der Waals surface area contributed by atoms with E-state index in [0.29, 0.717) is 22.7 Å². The third kappa shape index (κ3) is 2.96. The number of rotatable bonds is 0. The molecule has 0 nitrogen and oxygen atoms in total. The molecule has 1 heteroatoms. The van der Waals surface area contributed by atoms with E-state index in [1.807, 2.05) is 0 Å². The van der Waals surface area contributed by atoms with Gasteiger partial charge in [0.25, 0.3) is 0 Å². The van der Waals surface area contributed by atoms with Crippen LogP contribution < -0.4 is 0 Å². The zero-order chi connectivity index (χ0) is 12.6. The molecule has 1 rings (SSSR count). The standard InChI is InChI=1S/C15H26S/c1-14(2,3)12-8-7-9-13(11(12)10-16)15(4,5)6/h12-13H,7-9H2,1-6H3. The average molecular weight is 238 g/mol. The molecule has 0 bridgehead atoms. The van der Waals surface area contributed by atoms with Gasteiger partial charge in [0, 0.05) is 0 Å². The Morgan fingerprint density at radius 3 is 1.56 bits per heavy atom. The van der Waals surface area contributed by atoms with Gasteiger partial charge in [0.15, 0.2) is 0 Å². The first-order valence-electron chi connectivity index (χ1n) is 6.43. The summed E-state index contributed by atoms with van der Waals surface area (Å²) in [4.78, 5) is 0. The maximum absolute atomic E-state index is 5.18. The van der Waals surface area contributed by atoms with Crippen molar-refractivity contribution in [1.29, 1.82) is 0 Å². The molecule has 2 atom stereocenters. The molecule has 92 valence electrons. The summed E-state index contributed by atoms with van der Waals surface area (Å²) in [6.45, 7) is 14.0. The maximum atomic E-state index is 5.18. The van der Waals surface area contributed by atoms with E-state index < -0.39 is 0 Å². The summed E-state index contributed by atoms with van der Waals surface area (Å²) >= 11 is 5.18.